The number of hydrogen-bond donors (Lipinski definition) is 0. The zero-order chi connectivity index (χ0) is 9.68. The average molecular weight is 251 g/mol. The summed E-state index contributed by atoms with van der Waals surface area (Å²) in [5, 5.41) is 0. The lowest BCUT2D eigenvalue weighted by Crippen LogP contribution is -2.21. The van der Waals surface area contributed by atoms with E-state index in [1.165, 1.54) is 0 Å². The smallest absolute Gasteiger partial charge is 0.311 e. The second-order valence-electron chi connectivity index (χ2n) is 3.20. The number of esters is 1. The van der Waals surface area contributed by atoms with Gasteiger partial charge < -0.3 is 9.47 Å². The first-order chi connectivity index (χ1) is 6.24. The summed E-state index contributed by atoms with van der Waals surface area (Å²) in [6, 6.07) is 0. The second kappa shape index (κ2) is 5.60. The van der Waals surface area contributed by atoms with Crippen molar-refractivity contribution in [2.24, 2.45) is 5.92 Å². The molecule has 0 aromatic rings. The van der Waals surface area contributed by atoms with E-state index in [4.69, 9.17) is 9.47 Å². The van der Waals surface area contributed by atoms with Gasteiger partial charge in [0, 0.05) is 11.4 Å². The van der Waals surface area contributed by atoms with Crippen LogP contribution in [0.1, 0.15) is 19.8 Å². The molecule has 2 atom stereocenters. The zero-order valence-electron chi connectivity index (χ0n) is 7.79. The van der Waals surface area contributed by atoms with Gasteiger partial charge >= 0.3 is 5.97 Å². The maximum Gasteiger partial charge on any atom is 0.311 e. The van der Waals surface area contributed by atoms with Gasteiger partial charge in [0.15, 0.2) is 0 Å². The molecule has 0 aromatic heterocycles. The lowest BCUT2D eigenvalue weighted by Gasteiger charge is -2.10. The minimum atomic E-state index is -0.115. The van der Waals surface area contributed by atoms with Gasteiger partial charge in [0.2, 0.25) is 0 Å². The molecule has 0 amide bonds. The summed E-state index contributed by atoms with van der Waals surface area (Å²) in [5.74, 6) is -0.146. The van der Waals surface area contributed by atoms with E-state index in [1.807, 2.05) is 6.92 Å². The molecule has 0 aromatic carbocycles. The van der Waals surface area contributed by atoms with E-state index in [-0.39, 0.29) is 16.7 Å². The number of alkyl halides is 1. The monoisotopic (exact) mass is 250 g/mol. The third-order valence-corrected chi connectivity index (χ3v) is 3.02. The van der Waals surface area contributed by atoms with Crippen LogP contribution in [-0.2, 0) is 14.3 Å². The van der Waals surface area contributed by atoms with Crippen LogP contribution >= 0.6 is 15.9 Å². The predicted molar refractivity (Wildman–Crippen MR) is 52.9 cm³/mol. The Bertz CT molecular complexity index is 166. The summed E-state index contributed by atoms with van der Waals surface area (Å²) < 4.78 is 10.2. The van der Waals surface area contributed by atoms with E-state index in [2.05, 4.69) is 15.9 Å². The van der Waals surface area contributed by atoms with Gasteiger partial charge in [-0.2, -0.15) is 0 Å². The largest absolute Gasteiger partial charge is 0.464 e. The molecule has 2 unspecified atom stereocenters. The van der Waals surface area contributed by atoms with Crippen LogP contribution in [0.3, 0.4) is 0 Å². The molecule has 0 spiro atoms. The molecule has 0 radical (unpaired) electrons. The molecule has 1 rings (SSSR count). The molecule has 1 fully saturated rings. The first-order valence-electron chi connectivity index (χ1n) is 4.62. The Balaban J connectivity index is 2.16. The van der Waals surface area contributed by atoms with Crippen LogP contribution in [0.25, 0.3) is 0 Å². The van der Waals surface area contributed by atoms with Crippen molar-refractivity contribution in [3.8, 4) is 0 Å². The minimum Gasteiger partial charge on any atom is -0.464 e. The number of ether oxygens (including phenoxy) is 2. The summed E-state index contributed by atoms with van der Waals surface area (Å²) >= 11 is 3.41. The fourth-order valence-electron chi connectivity index (χ4n) is 1.13. The fourth-order valence-corrected chi connectivity index (χ4v) is 1.26. The van der Waals surface area contributed by atoms with Crippen LogP contribution in [0.5, 0.6) is 0 Å². The van der Waals surface area contributed by atoms with Crippen molar-refractivity contribution in [3.05, 3.63) is 0 Å². The molecule has 0 bridgehead atoms. The van der Waals surface area contributed by atoms with Gasteiger partial charge in [-0.1, -0.05) is 22.9 Å². The molecule has 1 saturated heterocycles. The standard InChI is InChI=1S/C9H15BrO3/c1-2-8(10)6-13-9(11)7-3-4-12-5-7/h7-8H,2-6H2,1H3. The first kappa shape index (κ1) is 11.0. The van der Waals surface area contributed by atoms with Crippen LogP contribution in [0.15, 0.2) is 0 Å². The maximum absolute atomic E-state index is 11.3. The number of rotatable bonds is 4. The lowest BCUT2D eigenvalue weighted by molar-refractivity contribution is -0.148. The zero-order valence-corrected chi connectivity index (χ0v) is 9.38. The van der Waals surface area contributed by atoms with E-state index < -0.39 is 0 Å². The van der Waals surface area contributed by atoms with Crippen molar-refractivity contribution >= 4 is 21.9 Å². The fraction of sp³-hybridized carbons (Fsp3) is 0.889. The number of halogens is 1. The highest BCUT2D eigenvalue weighted by Gasteiger charge is 2.25. The molecular weight excluding hydrogens is 236 g/mol. The second-order valence-corrected chi connectivity index (χ2v) is 4.49. The molecule has 76 valence electrons. The van der Waals surface area contributed by atoms with Crippen LogP contribution in [-0.4, -0.2) is 30.6 Å². The molecule has 1 heterocycles. The Morgan fingerprint density at radius 2 is 2.54 bits per heavy atom. The Labute approximate surface area is 86.9 Å². The molecule has 0 saturated carbocycles. The lowest BCUT2D eigenvalue weighted by atomic mass is 10.1. The van der Waals surface area contributed by atoms with E-state index in [0.717, 1.165) is 12.8 Å². The Morgan fingerprint density at radius 1 is 1.77 bits per heavy atom. The highest BCUT2D eigenvalue weighted by Crippen LogP contribution is 2.15. The van der Waals surface area contributed by atoms with Crippen LogP contribution in [0.2, 0.25) is 0 Å². The summed E-state index contributed by atoms with van der Waals surface area (Å²) in [4.78, 5) is 11.6. The van der Waals surface area contributed by atoms with Crippen LogP contribution in [0, 0.1) is 5.92 Å². The van der Waals surface area contributed by atoms with Gasteiger partial charge in [0.1, 0.15) is 6.61 Å². The molecule has 4 heteroatoms. The van der Waals surface area contributed by atoms with Gasteiger partial charge in [-0.05, 0) is 12.8 Å². The topological polar surface area (TPSA) is 35.5 Å². The maximum atomic E-state index is 11.3. The molecular formula is C9H15BrO3. The highest BCUT2D eigenvalue weighted by molar-refractivity contribution is 9.09. The first-order valence-corrected chi connectivity index (χ1v) is 5.54. The van der Waals surface area contributed by atoms with Crippen molar-refractivity contribution in [2.75, 3.05) is 19.8 Å². The van der Waals surface area contributed by atoms with Crippen molar-refractivity contribution in [2.45, 2.75) is 24.6 Å². The third kappa shape index (κ3) is 3.65. The summed E-state index contributed by atoms with van der Waals surface area (Å²) in [6.07, 6.45) is 1.77. The Morgan fingerprint density at radius 3 is 3.08 bits per heavy atom. The number of carbonyl (C=O) groups excluding carboxylic acids is 1. The van der Waals surface area contributed by atoms with Crippen LogP contribution in [0.4, 0.5) is 0 Å². The van der Waals surface area contributed by atoms with Crippen molar-refractivity contribution in [1.82, 2.24) is 0 Å². The molecule has 0 aliphatic carbocycles. The third-order valence-electron chi connectivity index (χ3n) is 2.11. The van der Waals surface area contributed by atoms with Gasteiger partial charge in [0.25, 0.3) is 0 Å². The van der Waals surface area contributed by atoms with Crippen molar-refractivity contribution in [3.63, 3.8) is 0 Å². The summed E-state index contributed by atoms with van der Waals surface area (Å²) in [6.45, 7) is 3.72. The Hall–Kier alpha value is -0.0900. The predicted octanol–water partition coefficient (Wildman–Crippen LogP) is 1.74. The van der Waals surface area contributed by atoms with E-state index in [1.54, 1.807) is 0 Å². The highest BCUT2D eigenvalue weighted by atomic mass is 79.9. The van der Waals surface area contributed by atoms with Crippen molar-refractivity contribution in [1.29, 1.82) is 0 Å². The summed E-state index contributed by atoms with van der Waals surface area (Å²) in [7, 11) is 0. The molecule has 1 aliphatic heterocycles. The van der Waals surface area contributed by atoms with Gasteiger partial charge in [0.05, 0.1) is 12.5 Å². The SMILES string of the molecule is CCC(Br)COC(=O)C1CCOC1. The number of hydrogen-bond acceptors (Lipinski definition) is 3. The number of carbonyl (C=O) groups is 1. The van der Waals surface area contributed by atoms with E-state index in [0.29, 0.717) is 19.8 Å². The van der Waals surface area contributed by atoms with Gasteiger partial charge in [-0.3, -0.25) is 4.79 Å². The van der Waals surface area contributed by atoms with Gasteiger partial charge in [-0.25, -0.2) is 0 Å². The van der Waals surface area contributed by atoms with Crippen molar-refractivity contribution < 1.29 is 14.3 Å². The van der Waals surface area contributed by atoms with Crippen LogP contribution < -0.4 is 0 Å². The van der Waals surface area contributed by atoms with E-state index >= 15 is 0 Å². The average Bonchev–Trinajstić information content (AvgIpc) is 2.66. The molecule has 0 N–H and O–H groups in total. The molecule has 3 nitrogen and oxygen atoms in total. The quantitative estimate of drug-likeness (QED) is 0.564. The summed E-state index contributed by atoms with van der Waals surface area (Å²) in [5.41, 5.74) is 0. The minimum absolute atomic E-state index is 0.0310. The Kier molecular flexibility index (Phi) is 4.73. The van der Waals surface area contributed by atoms with E-state index in [9.17, 15) is 4.79 Å². The molecule has 13 heavy (non-hydrogen) atoms. The molecule has 1 aliphatic rings. The normalized spacial score (nSPS) is 24.3. The van der Waals surface area contributed by atoms with Gasteiger partial charge in [-0.15, -0.1) is 0 Å².